The van der Waals surface area contributed by atoms with E-state index in [2.05, 4.69) is 10.6 Å². The second kappa shape index (κ2) is 8.44. The van der Waals surface area contributed by atoms with Crippen molar-refractivity contribution in [3.8, 4) is 0 Å². The molecule has 1 aliphatic rings. The van der Waals surface area contributed by atoms with Crippen molar-refractivity contribution in [1.82, 2.24) is 5.32 Å². The number of esters is 1. The fourth-order valence-corrected chi connectivity index (χ4v) is 2.77. The predicted octanol–water partition coefficient (Wildman–Crippen LogP) is 2.87. The van der Waals surface area contributed by atoms with Crippen LogP contribution in [0.3, 0.4) is 0 Å². The molecule has 0 aromatic heterocycles. The second-order valence-electron chi connectivity index (χ2n) is 6.83. The van der Waals surface area contributed by atoms with Crippen molar-refractivity contribution in [2.75, 3.05) is 11.9 Å². The fraction of sp³-hybridized carbons (Fsp3) is 0.529. The minimum atomic E-state index is -4.74. The molecule has 1 saturated heterocycles. The summed E-state index contributed by atoms with van der Waals surface area (Å²) in [6, 6.07) is 0.246. The predicted molar refractivity (Wildman–Crippen MR) is 92.5 cm³/mol. The lowest BCUT2D eigenvalue weighted by Gasteiger charge is -2.22. The SMILES string of the molecule is CC(C)C[C@H](Nc1ccc(C(F)(F)F)cc1[N+](=O)[O-])C(=O)N[C@H]1CCOC1=O. The summed E-state index contributed by atoms with van der Waals surface area (Å²) in [7, 11) is 0. The maximum absolute atomic E-state index is 12.8. The molecule has 0 saturated carbocycles. The number of ether oxygens (including phenoxy) is 1. The zero-order chi connectivity index (χ0) is 21.1. The minimum absolute atomic E-state index is 0.00714. The monoisotopic (exact) mass is 403 g/mol. The molecular weight excluding hydrogens is 383 g/mol. The Balaban J connectivity index is 2.27. The molecule has 0 unspecified atom stereocenters. The van der Waals surface area contributed by atoms with Gasteiger partial charge in [0.1, 0.15) is 17.8 Å². The van der Waals surface area contributed by atoms with Gasteiger partial charge in [0, 0.05) is 12.5 Å². The first-order valence-corrected chi connectivity index (χ1v) is 8.58. The number of carbonyl (C=O) groups excluding carboxylic acids is 2. The van der Waals surface area contributed by atoms with Crippen LogP contribution in [0.15, 0.2) is 18.2 Å². The van der Waals surface area contributed by atoms with Crippen LogP contribution in [0, 0.1) is 16.0 Å². The Morgan fingerprint density at radius 3 is 2.57 bits per heavy atom. The van der Waals surface area contributed by atoms with Gasteiger partial charge in [-0.05, 0) is 24.5 Å². The maximum Gasteiger partial charge on any atom is 0.416 e. The van der Waals surface area contributed by atoms with Crippen LogP contribution in [0.4, 0.5) is 24.5 Å². The summed E-state index contributed by atoms with van der Waals surface area (Å²) in [4.78, 5) is 34.4. The molecule has 2 atom stereocenters. The van der Waals surface area contributed by atoms with E-state index in [4.69, 9.17) is 4.74 Å². The zero-order valence-corrected chi connectivity index (χ0v) is 15.2. The lowest BCUT2D eigenvalue weighted by molar-refractivity contribution is -0.384. The molecule has 0 bridgehead atoms. The van der Waals surface area contributed by atoms with Gasteiger partial charge in [0.05, 0.1) is 17.1 Å². The third kappa shape index (κ3) is 5.33. The van der Waals surface area contributed by atoms with Crippen LogP contribution in [-0.4, -0.2) is 35.5 Å². The van der Waals surface area contributed by atoms with Crippen LogP contribution in [0.5, 0.6) is 0 Å². The number of benzene rings is 1. The van der Waals surface area contributed by atoms with Crippen LogP contribution in [-0.2, 0) is 20.5 Å². The largest absolute Gasteiger partial charge is 0.464 e. The van der Waals surface area contributed by atoms with Gasteiger partial charge in [-0.2, -0.15) is 13.2 Å². The first kappa shape index (κ1) is 21.5. The van der Waals surface area contributed by atoms with Gasteiger partial charge in [0.2, 0.25) is 5.91 Å². The number of alkyl halides is 3. The van der Waals surface area contributed by atoms with E-state index < -0.39 is 46.3 Å². The molecule has 11 heteroatoms. The van der Waals surface area contributed by atoms with Crippen LogP contribution >= 0.6 is 0 Å². The Morgan fingerprint density at radius 2 is 2.07 bits per heavy atom. The van der Waals surface area contributed by atoms with Crippen molar-refractivity contribution in [2.24, 2.45) is 5.92 Å². The fourth-order valence-electron chi connectivity index (χ4n) is 2.77. The number of carbonyl (C=O) groups is 2. The Kier molecular flexibility index (Phi) is 6.47. The summed E-state index contributed by atoms with van der Waals surface area (Å²) in [6.07, 6.45) is -4.19. The topological polar surface area (TPSA) is 111 Å². The van der Waals surface area contributed by atoms with Crippen molar-refractivity contribution >= 4 is 23.3 Å². The Bertz CT molecular complexity index is 767. The first-order valence-electron chi connectivity index (χ1n) is 8.58. The van der Waals surface area contributed by atoms with Crippen LogP contribution in [0.1, 0.15) is 32.3 Å². The van der Waals surface area contributed by atoms with Gasteiger partial charge < -0.3 is 15.4 Å². The number of cyclic esters (lactones) is 1. The summed E-state index contributed by atoms with van der Waals surface area (Å²) >= 11 is 0. The van der Waals surface area contributed by atoms with Crippen LogP contribution in [0.2, 0.25) is 0 Å². The third-order valence-electron chi connectivity index (χ3n) is 4.13. The van der Waals surface area contributed by atoms with Gasteiger partial charge in [0.15, 0.2) is 0 Å². The summed E-state index contributed by atoms with van der Waals surface area (Å²) in [6.45, 7) is 3.80. The lowest BCUT2D eigenvalue weighted by Crippen LogP contribution is -2.46. The number of amides is 1. The number of nitrogens with one attached hydrogen (secondary N) is 2. The number of nitrogens with zero attached hydrogens (tertiary/aromatic N) is 1. The number of anilines is 1. The molecule has 2 rings (SSSR count). The summed E-state index contributed by atoms with van der Waals surface area (Å²) in [5.74, 6) is -1.17. The van der Waals surface area contributed by atoms with E-state index in [-0.39, 0.29) is 24.6 Å². The van der Waals surface area contributed by atoms with Gasteiger partial charge >= 0.3 is 12.1 Å². The van der Waals surface area contributed by atoms with E-state index in [1.165, 1.54) is 0 Å². The maximum atomic E-state index is 12.8. The number of halogens is 3. The lowest BCUT2D eigenvalue weighted by atomic mass is 10.0. The molecule has 154 valence electrons. The standard InChI is InChI=1S/C17H20F3N3O5/c1-9(2)7-13(15(24)22-12-5-6-28-16(12)25)21-11-4-3-10(17(18,19)20)8-14(11)23(26)27/h3-4,8-9,12-13,21H,5-7H2,1-2H3,(H,22,24)/t12-,13-/m0/s1. The van der Waals surface area contributed by atoms with Gasteiger partial charge in [-0.1, -0.05) is 13.8 Å². The summed E-state index contributed by atoms with van der Waals surface area (Å²) in [5.41, 5.74) is -2.17. The van der Waals surface area contributed by atoms with Gasteiger partial charge in [-0.25, -0.2) is 4.79 Å². The van der Waals surface area contributed by atoms with Crippen molar-refractivity contribution in [3.63, 3.8) is 0 Å². The highest BCUT2D eigenvalue weighted by molar-refractivity contribution is 5.90. The van der Waals surface area contributed by atoms with Crippen molar-refractivity contribution in [3.05, 3.63) is 33.9 Å². The number of nitro groups is 1. The van der Waals surface area contributed by atoms with Gasteiger partial charge in [-0.3, -0.25) is 14.9 Å². The van der Waals surface area contributed by atoms with Gasteiger partial charge in [-0.15, -0.1) is 0 Å². The molecule has 2 N–H and O–H groups in total. The minimum Gasteiger partial charge on any atom is -0.464 e. The molecule has 1 aromatic carbocycles. The smallest absolute Gasteiger partial charge is 0.416 e. The first-order chi connectivity index (χ1) is 13.0. The molecule has 1 heterocycles. The number of hydrogen-bond donors (Lipinski definition) is 2. The van der Waals surface area contributed by atoms with Crippen molar-refractivity contribution < 1.29 is 32.4 Å². The average molecular weight is 403 g/mol. The van der Waals surface area contributed by atoms with E-state index in [1.54, 1.807) is 0 Å². The number of rotatable bonds is 7. The van der Waals surface area contributed by atoms with Crippen molar-refractivity contribution in [2.45, 2.75) is 44.9 Å². The van der Waals surface area contributed by atoms with E-state index >= 15 is 0 Å². The molecule has 8 nitrogen and oxygen atoms in total. The molecule has 1 aliphatic heterocycles. The molecule has 1 amide bonds. The van der Waals surface area contributed by atoms with Crippen molar-refractivity contribution in [1.29, 1.82) is 0 Å². The van der Waals surface area contributed by atoms with E-state index in [0.717, 1.165) is 6.07 Å². The van der Waals surface area contributed by atoms with Crippen LogP contribution in [0.25, 0.3) is 0 Å². The van der Waals surface area contributed by atoms with Gasteiger partial charge in [0.25, 0.3) is 5.69 Å². The number of hydrogen-bond acceptors (Lipinski definition) is 6. The Labute approximate surface area is 158 Å². The highest BCUT2D eigenvalue weighted by Gasteiger charge is 2.34. The summed E-state index contributed by atoms with van der Waals surface area (Å²) in [5, 5.41) is 16.4. The molecule has 0 aliphatic carbocycles. The molecule has 1 aromatic rings. The quantitative estimate of drug-likeness (QED) is 0.412. The summed E-state index contributed by atoms with van der Waals surface area (Å²) < 4.78 is 43.3. The van der Waals surface area contributed by atoms with E-state index in [9.17, 15) is 32.9 Å². The Hall–Kier alpha value is -2.85. The molecule has 1 fully saturated rings. The molecule has 0 spiro atoms. The Morgan fingerprint density at radius 1 is 1.39 bits per heavy atom. The van der Waals surface area contributed by atoms with Crippen LogP contribution < -0.4 is 10.6 Å². The van der Waals surface area contributed by atoms with E-state index in [0.29, 0.717) is 18.6 Å². The molecule has 28 heavy (non-hydrogen) atoms. The molecular formula is C17H20F3N3O5. The average Bonchev–Trinajstić information content (AvgIpc) is 2.97. The normalized spacial score (nSPS) is 17.9. The zero-order valence-electron chi connectivity index (χ0n) is 15.2. The highest BCUT2D eigenvalue weighted by Crippen LogP contribution is 2.35. The van der Waals surface area contributed by atoms with E-state index in [1.807, 2.05) is 13.8 Å². The molecule has 0 radical (unpaired) electrons. The third-order valence-corrected chi connectivity index (χ3v) is 4.13. The highest BCUT2D eigenvalue weighted by atomic mass is 19.4. The number of nitro benzene ring substituents is 1. The second-order valence-corrected chi connectivity index (χ2v) is 6.83.